The normalized spacial score (nSPS) is 24.7. The molecule has 0 spiro atoms. The predicted octanol–water partition coefficient (Wildman–Crippen LogP) is -0.417. The second-order valence-electron chi connectivity index (χ2n) is 3.13. The molecule has 1 atom stereocenters. The third-order valence-corrected chi connectivity index (χ3v) is 2.12. The van der Waals surface area contributed by atoms with E-state index in [0.717, 1.165) is 13.0 Å². The van der Waals surface area contributed by atoms with Gasteiger partial charge in [0.05, 0.1) is 6.61 Å². The Balaban J connectivity index is 2.30. The smallest absolute Gasteiger partial charge is 0.224 e. The Bertz CT molecular complexity index is 159. The number of nitrogens with zero attached hydrogens (tertiary/aromatic N) is 1. The van der Waals surface area contributed by atoms with Crippen molar-refractivity contribution in [1.29, 1.82) is 0 Å². The van der Waals surface area contributed by atoms with Crippen LogP contribution in [0.25, 0.3) is 0 Å². The van der Waals surface area contributed by atoms with E-state index in [1.165, 1.54) is 0 Å². The maximum Gasteiger partial charge on any atom is 0.224 e. The fourth-order valence-electron chi connectivity index (χ4n) is 1.34. The van der Waals surface area contributed by atoms with Crippen molar-refractivity contribution in [3.05, 3.63) is 0 Å². The Morgan fingerprint density at radius 1 is 1.75 bits per heavy atom. The highest BCUT2D eigenvalue weighted by molar-refractivity contribution is 5.77. The fraction of sp³-hybridized carbons (Fsp3) is 0.875. The van der Waals surface area contributed by atoms with Crippen LogP contribution in [0.2, 0.25) is 0 Å². The van der Waals surface area contributed by atoms with E-state index in [-0.39, 0.29) is 11.9 Å². The SMILES string of the molecule is COCCN1CCC(N)CC1=O. The van der Waals surface area contributed by atoms with Gasteiger partial charge in [-0.05, 0) is 6.42 Å². The second-order valence-corrected chi connectivity index (χ2v) is 3.13. The van der Waals surface area contributed by atoms with Crippen LogP contribution in [0.3, 0.4) is 0 Å². The molecule has 1 amide bonds. The minimum atomic E-state index is 0.0660. The number of hydrogen-bond acceptors (Lipinski definition) is 3. The molecule has 0 aromatic rings. The Morgan fingerprint density at radius 2 is 2.50 bits per heavy atom. The van der Waals surface area contributed by atoms with E-state index < -0.39 is 0 Å². The Labute approximate surface area is 72.7 Å². The Hall–Kier alpha value is -0.610. The third kappa shape index (κ3) is 2.46. The van der Waals surface area contributed by atoms with Crippen LogP contribution >= 0.6 is 0 Å². The van der Waals surface area contributed by atoms with Crippen molar-refractivity contribution < 1.29 is 9.53 Å². The van der Waals surface area contributed by atoms with Crippen molar-refractivity contribution >= 4 is 5.91 Å². The minimum Gasteiger partial charge on any atom is -0.383 e. The van der Waals surface area contributed by atoms with Crippen molar-refractivity contribution in [2.45, 2.75) is 18.9 Å². The van der Waals surface area contributed by atoms with E-state index in [0.29, 0.717) is 19.6 Å². The van der Waals surface area contributed by atoms with Gasteiger partial charge in [-0.15, -0.1) is 0 Å². The van der Waals surface area contributed by atoms with Crippen molar-refractivity contribution in [1.82, 2.24) is 4.90 Å². The summed E-state index contributed by atoms with van der Waals surface area (Å²) < 4.78 is 4.89. The number of rotatable bonds is 3. The molecule has 0 aliphatic carbocycles. The van der Waals surface area contributed by atoms with Gasteiger partial charge >= 0.3 is 0 Å². The molecule has 1 aliphatic rings. The molecule has 1 fully saturated rings. The van der Waals surface area contributed by atoms with Crippen LogP contribution in [0, 0.1) is 0 Å². The number of ether oxygens (including phenoxy) is 1. The van der Waals surface area contributed by atoms with E-state index in [9.17, 15) is 4.79 Å². The number of amides is 1. The summed E-state index contributed by atoms with van der Waals surface area (Å²) in [6, 6.07) is 0.0660. The van der Waals surface area contributed by atoms with Gasteiger partial charge in [-0.25, -0.2) is 0 Å². The molecule has 0 aromatic carbocycles. The molecule has 2 N–H and O–H groups in total. The Kier molecular flexibility index (Phi) is 3.49. The van der Waals surface area contributed by atoms with E-state index in [2.05, 4.69) is 0 Å². The first kappa shape index (κ1) is 9.48. The largest absolute Gasteiger partial charge is 0.383 e. The van der Waals surface area contributed by atoms with Crippen LogP contribution in [0.5, 0.6) is 0 Å². The molecule has 0 bridgehead atoms. The summed E-state index contributed by atoms with van der Waals surface area (Å²) >= 11 is 0. The minimum absolute atomic E-state index is 0.0660. The van der Waals surface area contributed by atoms with E-state index in [4.69, 9.17) is 10.5 Å². The molecule has 0 radical (unpaired) electrons. The summed E-state index contributed by atoms with van der Waals surface area (Å²) in [5, 5.41) is 0. The predicted molar refractivity (Wildman–Crippen MR) is 45.7 cm³/mol. The molecular formula is C8H16N2O2. The highest BCUT2D eigenvalue weighted by Crippen LogP contribution is 2.08. The van der Waals surface area contributed by atoms with E-state index in [1.54, 1.807) is 7.11 Å². The van der Waals surface area contributed by atoms with Gasteiger partial charge < -0.3 is 15.4 Å². The van der Waals surface area contributed by atoms with Crippen LogP contribution in [0.15, 0.2) is 0 Å². The highest BCUT2D eigenvalue weighted by atomic mass is 16.5. The van der Waals surface area contributed by atoms with Gasteiger partial charge in [-0.1, -0.05) is 0 Å². The maximum absolute atomic E-state index is 11.3. The number of methoxy groups -OCH3 is 1. The number of piperidine rings is 1. The molecular weight excluding hydrogens is 156 g/mol. The molecule has 1 saturated heterocycles. The molecule has 70 valence electrons. The van der Waals surface area contributed by atoms with Gasteiger partial charge in [0.25, 0.3) is 0 Å². The van der Waals surface area contributed by atoms with Crippen molar-refractivity contribution in [2.24, 2.45) is 5.73 Å². The topological polar surface area (TPSA) is 55.6 Å². The number of nitrogens with two attached hydrogens (primary N) is 1. The number of likely N-dealkylation sites (tertiary alicyclic amines) is 1. The zero-order valence-corrected chi connectivity index (χ0v) is 7.45. The summed E-state index contributed by atoms with van der Waals surface area (Å²) in [5.74, 6) is 0.158. The first-order chi connectivity index (χ1) is 5.74. The molecule has 12 heavy (non-hydrogen) atoms. The van der Waals surface area contributed by atoms with Gasteiger partial charge in [0, 0.05) is 32.7 Å². The monoisotopic (exact) mass is 172 g/mol. The van der Waals surface area contributed by atoms with E-state index >= 15 is 0 Å². The lowest BCUT2D eigenvalue weighted by Crippen LogP contribution is -2.45. The summed E-state index contributed by atoms with van der Waals surface area (Å²) in [5.41, 5.74) is 5.64. The number of carbonyl (C=O) groups is 1. The lowest BCUT2D eigenvalue weighted by Gasteiger charge is -2.29. The van der Waals surface area contributed by atoms with E-state index in [1.807, 2.05) is 4.90 Å². The summed E-state index contributed by atoms with van der Waals surface area (Å²) in [4.78, 5) is 13.1. The van der Waals surface area contributed by atoms with Crippen molar-refractivity contribution in [3.63, 3.8) is 0 Å². The molecule has 1 heterocycles. The summed E-state index contributed by atoms with van der Waals surface area (Å²) in [6.45, 7) is 2.09. The number of carbonyl (C=O) groups excluding carboxylic acids is 1. The summed E-state index contributed by atoms with van der Waals surface area (Å²) in [6.07, 6.45) is 1.40. The average Bonchev–Trinajstić information content (AvgIpc) is 2.03. The fourth-order valence-corrected chi connectivity index (χ4v) is 1.34. The third-order valence-electron chi connectivity index (χ3n) is 2.12. The van der Waals surface area contributed by atoms with Crippen molar-refractivity contribution in [2.75, 3.05) is 26.8 Å². The van der Waals surface area contributed by atoms with Crippen LogP contribution in [-0.2, 0) is 9.53 Å². The quantitative estimate of drug-likeness (QED) is 0.629. The van der Waals surface area contributed by atoms with Gasteiger partial charge in [0.15, 0.2) is 0 Å². The standard InChI is InChI=1S/C8H16N2O2/c1-12-5-4-10-3-2-7(9)6-8(10)11/h7H,2-6,9H2,1H3. The van der Waals surface area contributed by atoms with Crippen molar-refractivity contribution in [3.8, 4) is 0 Å². The van der Waals surface area contributed by atoms with Gasteiger partial charge in [0.2, 0.25) is 5.91 Å². The summed E-state index contributed by atoms with van der Waals surface area (Å²) in [7, 11) is 1.64. The lowest BCUT2D eigenvalue weighted by atomic mass is 10.1. The van der Waals surface area contributed by atoms with Crippen LogP contribution in [-0.4, -0.2) is 43.7 Å². The zero-order chi connectivity index (χ0) is 8.97. The lowest BCUT2D eigenvalue weighted by molar-refractivity contribution is -0.134. The molecule has 4 heteroatoms. The molecule has 0 saturated carbocycles. The maximum atomic E-state index is 11.3. The van der Waals surface area contributed by atoms with Gasteiger partial charge in [-0.2, -0.15) is 0 Å². The molecule has 4 nitrogen and oxygen atoms in total. The highest BCUT2D eigenvalue weighted by Gasteiger charge is 2.22. The van der Waals surface area contributed by atoms with Crippen LogP contribution in [0.4, 0.5) is 0 Å². The molecule has 0 aromatic heterocycles. The Morgan fingerprint density at radius 3 is 3.08 bits per heavy atom. The van der Waals surface area contributed by atoms with Crippen LogP contribution in [0.1, 0.15) is 12.8 Å². The van der Waals surface area contributed by atoms with Crippen LogP contribution < -0.4 is 5.73 Å². The van der Waals surface area contributed by atoms with Gasteiger partial charge in [0.1, 0.15) is 0 Å². The first-order valence-corrected chi connectivity index (χ1v) is 4.26. The molecule has 1 aliphatic heterocycles. The van der Waals surface area contributed by atoms with Gasteiger partial charge in [-0.3, -0.25) is 4.79 Å². The molecule has 1 rings (SSSR count). The average molecular weight is 172 g/mol. The molecule has 1 unspecified atom stereocenters. The zero-order valence-electron chi connectivity index (χ0n) is 7.45. The first-order valence-electron chi connectivity index (χ1n) is 4.26. The number of hydrogen-bond donors (Lipinski definition) is 1. The second kappa shape index (κ2) is 4.42.